The van der Waals surface area contributed by atoms with Crippen molar-refractivity contribution in [1.29, 1.82) is 0 Å². The predicted octanol–water partition coefficient (Wildman–Crippen LogP) is 4.98. The van der Waals surface area contributed by atoms with Crippen molar-refractivity contribution in [2.24, 2.45) is 0 Å². The highest BCUT2D eigenvalue weighted by Crippen LogP contribution is 2.38. The third-order valence-electron chi connectivity index (χ3n) is 5.35. The fourth-order valence-electron chi connectivity index (χ4n) is 4.16. The first kappa shape index (κ1) is 21.5. The summed E-state index contributed by atoms with van der Waals surface area (Å²) < 4.78 is 34.4. The number of anilines is 1. The number of fused-ring (bicyclic) bond motifs is 3. The molecule has 30 heavy (non-hydrogen) atoms. The lowest BCUT2D eigenvalue weighted by atomic mass is 10.1. The Kier molecular flexibility index (Phi) is 5.59. The molecule has 0 spiro atoms. The van der Waals surface area contributed by atoms with Crippen LogP contribution >= 0.6 is 27.7 Å². The SMILES string of the molecule is CSc1nc(N2CC3CCC(C2)N3C(=O)OC(C)(C)C)c2cc(F)c(Br)c(F)c2n1. The second-order valence-corrected chi connectivity index (χ2v) is 10.2. The van der Waals surface area contributed by atoms with Gasteiger partial charge >= 0.3 is 6.09 Å². The van der Waals surface area contributed by atoms with Gasteiger partial charge < -0.3 is 9.64 Å². The largest absolute Gasteiger partial charge is 0.444 e. The molecule has 2 unspecified atom stereocenters. The Morgan fingerprint density at radius 2 is 1.87 bits per heavy atom. The average molecular weight is 501 g/mol. The molecule has 2 atom stereocenters. The van der Waals surface area contributed by atoms with Crippen LogP contribution in [0.3, 0.4) is 0 Å². The first-order valence-corrected chi connectivity index (χ1v) is 11.8. The summed E-state index contributed by atoms with van der Waals surface area (Å²) in [4.78, 5) is 25.4. The quantitative estimate of drug-likeness (QED) is 0.329. The number of carbonyl (C=O) groups is 1. The summed E-state index contributed by atoms with van der Waals surface area (Å²) in [7, 11) is 0. The van der Waals surface area contributed by atoms with E-state index < -0.39 is 17.2 Å². The number of carbonyl (C=O) groups excluding carboxylic acids is 1. The number of nitrogens with zero attached hydrogens (tertiary/aromatic N) is 4. The number of ether oxygens (including phenoxy) is 1. The lowest BCUT2D eigenvalue weighted by Gasteiger charge is -2.42. The van der Waals surface area contributed by atoms with Crippen molar-refractivity contribution in [3.05, 3.63) is 22.2 Å². The number of benzene rings is 1. The maximum Gasteiger partial charge on any atom is 0.410 e. The highest BCUT2D eigenvalue weighted by atomic mass is 79.9. The van der Waals surface area contributed by atoms with Crippen LogP contribution in [-0.4, -0.2) is 58.0 Å². The fourth-order valence-corrected chi connectivity index (χ4v) is 4.82. The third kappa shape index (κ3) is 3.84. The number of hydrogen-bond donors (Lipinski definition) is 0. The average Bonchev–Trinajstić information content (AvgIpc) is 2.94. The molecule has 2 aliphatic heterocycles. The van der Waals surface area contributed by atoms with Gasteiger partial charge in [0.2, 0.25) is 0 Å². The smallest absolute Gasteiger partial charge is 0.410 e. The Morgan fingerprint density at radius 3 is 2.43 bits per heavy atom. The minimum Gasteiger partial charge on any atom is -0.444 e. The Morgan fingerprint density at radius 1 is 1.23 bits per heavy atom. The predicted molar refractivity (Wildman–Crippen MR) is 116 cm³/mol. The van der Waals surface area contributed by atoms with E-state index in [1.165, 1.54) is 17.8 Å². The number of halogens is 3. The zero-order valence-corrected chi connectivity index (χ0v) is 19.6. The van der Waals surface area contributed by atoms with E-state index in [0.717, 1.165) is 12.8 Å². The highest BCUT2D eigenvalue weighted by molar-refractivity contribution is 9.10. The van der Waals surface area contributed by atoms with Crippen molar-refractivity contribution >= 4 is 50.5 Å². The molecule has 2 aliphatic rings. The summed E-state index contributed by atoms with van der Waals surface area (Å²) in [5.74, 6) is -0.938. The minimum atomic E-state index is -0.737. The van der Waals surface area contributed by atoms with Crippen LogP contribution in [0.25, 0.3) is 10.9 Å². The molecule has 162 valence electrons. The van der Waals surface area contributed by atoms with Crippen LogP contribution in [-0.2, 0) is 4.74 Å². The molecule has 2 saturated heterocycles. The van der Waals surface area contributed by atoms with E-state index >= 15 is 0 Å². The Bertz CT molecular complexity index is 1000. The molecule has 0 N–H and O–H groups in total. The summed E-state index contributed by atoms with van der Waals surface area (Å²) in [6.45, 7) is 6.59. The van der Waals surface area contributed by atoms with Crippen LogP contribution < -0.4 is 4.90 Å². The van der Waals surface area contributed by atoms with Crippen molar-refractivity contribution in [1.82, 2.24) is 14.9 Å². The summed E-state index contributed by atoms with van der Waals surface area (Å²) in [6.07, 6.45) is 3.21. The van der Waals surface area contributed by atoms with Crippen molar-refractivity contribution in [3.63, 3.8) is 0 Å². The van der Waals surface area contributed by atoms with Crippen molar-refractivity contribution in [2.45, 2.75) is 56.5 Å². The standard InChI is InChI=1S/C20H23BrF2N4O2S/c1-20(2,3)29-19(28)27-10-5-6-11(27)9-26(8-10)17-12-7-13(22)14(21)15(23)16(12)24-18(25-17)30-4/h7,10-11H,5-6,8-9H2,1-4H3. The monoisotopic (exact) mass is 500 g/mol. The van der Waals surface area contributed by atoms with Gasteiger partial charge in [0.05, 0.1) is 16.6 Å². The van der Waals surface area contributed by atoms with Crippen LogP contribution in [0.1, 0.15) is 33.6 Å². The van der Waals surface area contributed by atoms with Gasteiger partial charge in [0, 0.05) is 18.5 Å². The lowest BCUT2D eigenvalue weighted by Crippen LogP contribution is -2.57. The Hall–Kier alpha value is -1.68. The maximum atomic E-state index is 14.7. The number of thioether (sulfide) groups is 1. The van der Waals surface area contributed by atoms with Gasteiger partial charge in [-0.05, 0) is 61.9 Å². The third-order valence-corrected chi connectivity index (χ3v) is 6.63. The fraction of sp³-hybridized carbons (Fsp3) is 0.550. The molecule has 0 aliphatic carbocycles. The van der Waals surface area contributed by atoms with Crippen LogP contribution in [0, 0.1) is 11.6 Å². The number of aromatic nitrogens is 2. The van der Waals surface area contributed by atoms with Gasteiger partial charge in [-0.25, -0.2) is 23.5 Å². The molecule has 0 saturated carbocycles. The molecule has 3 heterocycles. The van der Waals surface area contributed by atoms with E-state index in [4.69, 9.17) is 4.74 Å². The normalized spacial score (nSPS) is 21.4. The lowest BCUT2D eigenvalue weighted by molar-refractivity contribution is 0.0123. The molecule has 0 radical (unpaired) electrons. The number of amides is 1. The number of rotatable bonds is 2. The van der Waals surface area contributed by atoms with Gasteiger partial charge in [0.25, 0.3) is 0 Å². The topological polar surface area (TPSA) is 58.6 Å². The van der Waals surface area contributed by atoms with Gasteiger partial charge in [-0.2, -0.15) is 0 Å². The molecule has 1 aromatic heterocycles. The van der Waals surface area contributed by atoms with Gasteiger partial charge in [-0.3, -0.25) is 4.90 Å². The van der Waals surface area contributed by atoms with E-state index in [0.29, 0.717) is 29.5 Å². The summed E-state index contributed by atoms with van der Waals surface area (Å²) in [5, 5.41) is 0.743. The van der Waals surface area contributed by atoms with Crippen LogP contribution in [0.2, 0.25) is 0 Å². The van der Waals surface area contributed by atoms with Gasteiger partial charge in [0.15, 0.2) is 11.0 Å². The molecule has 1 amide bonds. The van der Waals surface area contributed by atoms with Crippen molar-refractivity contribution in [3.8, 4) is 0 Å². The van der Waals surface area contributed by atoms with Crippen LogP contribution in [0.15, 0.2) is 15.7 Å². The van der Waals surface area contributed by atoms with E-state index in [9.17, 15) is 13.6 Å². The van der Waals surface area contributed by atoms with Crippen LogP contribution in [0.4, 0.5) is 19.4 Å². The van der Waals surface area contributed by atoms with Gasteiger partial charge in [0.1, 0.15) is 22.8 Å². The van der Waals surface area contributed by atoms with Gasteiger partial charge in [-0.15, -0.1) is 0 Å². The number of hydrogen-bond acceptors (Lipinski definition) is 6. The summed E-state index contributed by atoms with van der Waals surface area (Å²) in [6, 6.07) is 1.20. The molecule has 1 aromatic carbocycles. The van der Waals surface area contributed by atoms with Crippen molar-refractivity contribution in [2.75, 3.05) is 24.2 Å². The van der Waals surface area contributed by atoms with Crippen molar-refractivity contribution < 1.29 is 18.3 Å². The molecular formula is C20H23BrF2N4O2S. The molecule has 6 nitrogen and oxygen atoms in total. The Balaban J connectivity index is 1.70. The highest BCUT2D eigenvalue weighted by Gasteiger charge is 2.45. The number of piperazine rings is 1. The zero-order valence-electron chi connectivity index (χ0n) is 17.2. The van der Waals surface area contributed by atoms with E-state index in [2.05, 4.69) is 25.9 Å². The molecule has 2 aromatic rings. The molecule has 2 bridgehead atoms. The second-order valence-electron chi connectivity index (χ2n) is 8.59. The van der Waals surface area contributed by atoms with E-state index in [-0.39, 0.29) is 28.2 Å². The molecule has 10 heteroatoms. The Labute approximate surface area is 186 Å². The first-order valence-electron chi connectivity index (χ1n) is 9.74. The minimum absolute atomic E-state index is 0.0357. The first-order chi connectivity index (χ1) is 14.1. The van der Waals surface area contributed by atoms with E-state index in [1.807, 2.05) is 36.8 Å². The van der Waals surface area contributed by atoms with E-state index in [1.54, 1.807) is 0 Å². The summed E-state index contributed by atoms with van der Waals surface area (Å²) in [5.41, 5.74) is -0.480. The zero-order chi connectivity index (χ0) is 21.8. The summed E-state index contributed by atoms with van der Waals surface area (Å²) >= 11 is 4.26. The molecular weight excluding hydrogens is 478 g/mol. The van der Waals surface area contributed by atoms with Crippen LogP contribution in [0.5, 0.6) is 0 Å². The maximum absolute atomic E-state index is 14.7. The second kappa shape index (κ2) is 7.78. The molecule has 2 fully saturated rings. The van der Waals surface area contributed by atoms with Gasteiger partial charge in [-0.1, -0.05) is 11.8 Å². The molecule has 4 rings (SSSR count).